The first-order valence-electron chi connectivity index (χ1n) is 4.78. The molecule has 2 rings (SSSR count). The Morgan fingerprint density at radius 3 is 2.79 bits per heavy atom. The molecule has 0 radical (unpaired) electrons. The highest BCUT2D eigenvalue weighted by Crippen LogP contribution is 2.38. The first-order chi connectivity index (χ1) is 6.80. The highest BCUT2D eigenvalue weighted by Gasteiger charge is 2.33. The molecule has 0 aliphatic heterocycles. The third kappa shape index (κ3) is 1.18. The summed E-state index contributed by atoms with van der Waals surface area (Å²) in [5, 5.41) is 4.29. The zero-order valence-corrected chi connectivity index (χ0v) is 8.01. The number of aldehydes is 2. The first-order valence-corrected chi connectivity index (χ1v) is 4.78. The Hall–Kier alpha value is -1.45. The van der Waals surface area contributed by atoms with Crippen molar-refractivity contribution in [2.24, 2.45) is 0 Å². The van der Waals surface area contributed by atoms with E-state index in [1.807, 2.05) is 13.1 Å². The number of rotatable bonds is 3. The van der Waals surface area contributed by atoms with E-state index < -0.39 is 0 Å². The van der Waals surface area contributed by atoms with E-state index in [1.54, 1.807) is 4.68 Å². The molecule has 0 spiro atoms. The first kappa shape index (κ1) is 9.12. The van der Waals surface area contributed by atoms with E-state index in [4.69, 9.17) is 0 Å². The van der Waals surface area contributed by atoms with Gasteiger partial charge in [-0.05, 0) is 13.3 Å². The van der Waals surface area contributed by atoms with Crippen LogP contribution >= 0.6 is 0 Å². The summed E-state index contributed by atoms with van der Waals surface area (Å²) in [7, 11) is 0. The Labute approximate surface area is 81.9 Å². The zero-order valence-electron chi connectivity index (χ0n) is 8.01. The summed E-state index contributed by atoms with van der Waals surface area (Å²) in [4.78, 5) is 21.5. The van der Waals surface area contributed by atoms with Crippen molar-refractivity contribution in [1.82, 2.24) is 9.78 Å². The van der Waals surface area contributed by atoms with Crippen LogP contribution in [0.4, 0.5) is 0 Å². The molecular weight excluding hydrogens is 180 g/mol. The van der Waals surface area contributed by atoms with Gasteiger partial charge < -0.3 is 9.59 Å². The summed E-state index contributed by atoms with van der Waals surface area (Å²) in [6.07, 6.45) is 4.26. The second-order valence-corrected chi connectivity index (χ2v) is 3.55. The van der Waals surface area contributed by atoms with Gasteiger partial charge in [-0.1, -0.05) is 0 Å². The maximum absolute atomic E-state index is 10.8. The van der Waals surface area contributed by atoms with Gasteiger partial charge >= 0.3 is 0 Å². The average molecular weight is 192 g/mol. The number of hydrogen-bond acceptors (Lipinski definition) is 3. The van der Waals surface area contributed by atoms with Crippen LogP contribution in [0.1, 0.15) is 36.4 Å². The molecule has 0 fully saturated rings. The van der Waals surface area contributed by atoms with Crippen molar-refractivity contribution in [3.63, 3.8) is 0 Å². The summed E-state index contributed by atoms with van der Waals surface area (Å²) in [5.41, 5.74) is 1.72. The topological polar surface area (TPSA) is 52.0 Å². The fourth-order valence-corrected chi connectivity index (χ4v) is 1.95. The van der Waals surface area contributed by atoms with Crippen molar-refractivity contribution in [3.8, 4) is 0 Å². The summed E-state index contributed by atoms with van der Waals surface area (Å²) < 4.78 is 1.77. The fourth-order valence-electron chi connectivity index (χ4n) is 1.95. The van der Waals surface area contributed by atoms with E-state index in [9.17, 15) is 9.59 Å². The van der Waals surface area contributed by atoms with Crippen molar-refractivity contribution in [1.29, 1.82) is 0 Å². The van der Waals surface area contributed by atoms with Crippen LogP contribution in [0, 0.1) is 0 Å². The Balaban J connectivity index is 2.43. The highest BCUT2D eigenvalue weighted by molar-refractivity contribution is 5.72. The normalized spacial score (nSPS) is 24.6. The van der Waals surface area contributed by atoms with E-state index in [0.29, 0.717) is 6.42 Å². The lowest BCUT2D eigenvalue weighted by molar-refractivity contribution is -0.110. The number of nitrogens with zero attached hydrogens (tertiary/aromatic N) is 2. The molecule has 1 heterocycles. The molecule has 0 amide bonds. The molecule has 1 aliphatic carbocycles. The number of aryl methyl sites for hydroxylation is 1. The largest absolute Gasteiger partial charge is 0.303 e. The number of fused-ring (bicyclic) bond motifs is 1. The molecule has 0 aromatic carbocycles. The van der Waals surface area contributed by atoms with Gasteiger partial charge in [-0.2, -0.15) is 5.10 Å². The number of carbonyl (C=O) groups excluding carboxylic acids is 2. The Morgan fingerprint density at radius 2 is 2.21 bits per heavy atom. The smallest absolute Gasteiger partial charge is 0.129 e. The molecule has 0 bridgehead atoms. The SMILES string of the molecule is CCn1cc2c(n1)C(C=O)CC2C=O. The minimum atomic E-state index is -0.187. The quantitative estimate of drug-likeness (QED) is 0.668. The van der Waals surface area contributed by atoms with E-state index >= 15 is 0 Å². The van der Waals surface area contributed by atoms with Gasteiger partial charge in [0.05, 0.1) is 11.6 Å². The van der Waals surface area contributed by atoms with E-state index in [1.165, 1.54) is 0 Å². The maximum Gasteiger partial charge on any atom is 0.129 e. The monoisotopic (exact) mass is 192 g/mol. The molecule has 14 heavy (non-hydrogen) atoms. The molecule has 74 valence electrons. The van der Waals surface area contributed by atoms with Crippen LogP contribution in [0.15, 0.2) is 6.20 Å². The molecular formula is C10H12N2O2. The lowest BCUT2D eigenvalue weighted by Crippen LogP contribution is -2.02. The standard InChI is InChI=1S/C10H12N2O2/c1-2-12-4-9-7(5-13)3-8(6-14)10(9)11-12/h4-8H,2-3H2,1H3. The van der Waals surface area contributed by atoms with Crippen LogP contribution in [-0.2, 0) is 16.1 Å². The van der Waals surface area contributed by atoms with Crippen LogP contribution in [-0.4, -0.2) is 22.4 Å². The van der Waals surface area contributed by atoms with Crippen molar-refractivity contribution in [2.45, 2.75) is 31.7 Å². The van der Waals surface area contributed by atoms with Gasteiger partial charge in [-0.15, -0.1) is 0 Å². The number of carbonyl (C=O) groups is 2. The predicted octanol–water partition coefficient (Wildman–Crippen LogP) is 0.872. The van der Waals surface area contributed by atoms with Crippen LogP contribution in [0.25, 0.3) is 0 Å². The number of aromatic nitrogens is 2. The second kappa shape index (κ2) is 3.36. The van der Waals surface area contributed by atoms with Crippen LogP contribution in [0.3, 0.4) is 0 Å². The Morgan fingerprint density at radius 1 is 1.50 bits per heavy atom. The van der Waals surface area contributed by atoms with E-state index in [-0.39, 0.29) is 11.8 Å². The molecule has 1 aromatic heterocycles. The molecule has 4 nitrogen and oxygen atoms in total. The molecule has 4 heteroatoms. The van der Waals surface area contributed by atoms with Gasteiger partial charge in [0.2, 0.25) is 0 Å². The predicted molar refractivity (Wildman–Crippen MR) is 50.1 cm³/mol. The lowest BCUT2D eigenvalue weighted by Gasteiger charge is -2.01. The van der Waals surface area contributed by atoms with Crippen LogP contribution < -0.4 is 0 Å². The minimum absolute atomic E-state index is 0.138. The van der Waals surface area contributed by atoms with Crippen molar-refractivity contribution < 1.29 is 9.59 Å². The van der Waals surface area contributed by atoms with Gasteiger partial charge in [-0.25, -0.2) is 0 Å². The Bertz CT molecular complexity index is 339. The zero-order chi connectivity index (χ0) is 10.1. The summed E-state index contributed by atoms with van der Waals surface area (Å²) in [5.74, 6) is -0.325. The maximum atomic E-state index is 10.8. The van der Waals surface area contributed by atoms with Crippen LogP contribution in [0.5, 0.6) is 0 Å². The second-order valence-electron chi connectivity index (χ2n) is 3.55. The molecule has 0 N–H and O–H groups in total. The summed E-state index contributed by atoms with van der Waals surface area (Å²) >= 11 is 0. The summed E-state index contributed by atoms with van der Waals surface area (Å²) in [6, 6.07) is 0. The molecule has 1 aliphatic rings. The highest BCUT2D eigenvalue weighted by atomic mass is 16.1. The lowest BCUT2D eigenvalue weighted by atomic mass is 10.0. The molecule has 1 aromatic rings. The molecule has 2 atom stereocenters. The van der Waals surface area contributed by atoms with E-state index in [0.717, 1.165) is 30.4 Å². The van der Waals surface area contributed by atoms with Gasteiger partial charge in [0.25, 0.3) is 0 Å². The molecule has 0 saturated heterocycles. The number of hydrogen-bond donors (Lipinski definition) is 0. The molecule has 0 saturated carbocycles. The molecule has 2 unspecified atom stereocenters. The van der Waals surface area contributed by atoms with Gasteiger partial charge in [0.1, 0.15) is 12.6 Å². The Kier molecular flexibility index (Phi) is 2.19. The van der Waals surface area contributed by atoms with Crippen molar-refractivity contribution in [2.75, 3.05) is 0 Å². The van der Waals surface area contributed by atoms with Crippen molar-refractivity contribution in [3.05, 3.63) is 17.5 Å². The average Bonchev–Trinajstić information content (AvgIpc) is 2.74. The third-order valence-electron chi connectivity index (χ3n) is 2.73. The third-order valence-corrected chi connectivity index (χ3v) is 2.73. The summed E-state index contributed by atoms with van der Waals surface area (Å²) in [6.45, 7) is 2.75. The minimum Gasteiger partial charge on any atom is -0.303 e. The fraction of sp³-hybridized carbons (Fsp3) is 0.500. The van der Waals surface area contributed by atoms with E-state index in [2.05, 4.69) is 5.10 Å². The van der Waals surface area contributed by atoms with Crippen molar-refractivity contribution >= 4 is 12.6 Å². The van der Waals surface area contributed by atoms with Gasteiger partial charge in [0, 0.05) is 24.2 Å². The van der Waals surface area contributed by atoms with Crippen LogP contribution in [0.2, 0.25) is 0 Å². The van der Waals surface area contributed by atoms with Gasteiger partial charge in [0.15, 0.2) is 0 Å². The van der Waals surface area contributed by atoms with Gasteiger partial charge in [-0.3, -0.25) is 4.68 Å².